The van der Waals surface area contributed by atoms with Gasteiger partial charge in [-0.3, -0.25) is 4.98 Å². The number of nitrogens with zero attached hydrogens (tertiary/aromatic N) is 2. The van der Waals surface area contributed by atoms with Crippen molar-refractivity contribution in [3.8, 4) is 0 Å². The third kappa shape index (κ3) is 4.52. The number of aromatic nitrogens is 1. The van der Waals surface area contributed by atoms with Crippen LogP contribution in [0.15, 0.2) is 18.4 Å². The molecular formula is C21H33BN2O4. The number of pyridine rings is 1. The van der Waals surface area contributed by atoms with E-state index in [9.17, 15) is 4.79 Å². The van der Waals surface area contributed by atoms with E-state index in [1.165, 1.54) is 0 Å². The summed E-state index contributed by atoms with van der Waals surface area (Å²) >= 11 is 0. The molecule has 0 bridgehead atoms. The zero-order valence-corrected chi connectivity index (χ0v) is 18.0. The Bertz CT molecular complexity index is 857. The Hall–Kier alpha value is -1.60. The summed E-state index contributed by atoms with van der Waals surface area (Å²) in [5, 5.41) is 0. The van der Waals surface area contributed by atoms with Crippen molar-refractivity contribution < 1.29 is 23.0 Å². The first-order valence-corrected chi connectivity index (χ1v) is 9.94. The topological polar surface area (TPSA) is 60.9 Å². The van der Waals surface area contributed by atoms with Crippen molar-refractivity contribution in [2.45, 2.75) is 84.0 Å². The molecule has 0 N–H and O–H groups in total. The number of amides is 1. The summed E-state index contributed by atoms with van der Waals surface area (Å²) in [5.41, 5.74) is -1.17. The van der Waals surface area contributed by atoms with Gasteiger partial charge in [0.05, 0.1) is 15.3 Å². The molecule has 2 fully saturated rings. The number of hydrogen-bond donors (Lipinski definition) is 0. The molecule has 0 saturated carbocycles. The van der Waals surface area contributed by atoms with Gasteiger partial charge in [0, 0.05) is 36.8 Å². The van der Waals surface area contributed by atoms with Gasteiger partial charge in [-0.2, -0.15) is 0 Å². The Labute approximate surface area is 173 Å². The minimum absolute atomic E-state index is 0.0412. The standard InChI is InChI=1S/C21H33BN2O4/c1-19(2,3)26-18(25)24-10-8-9-15(14-24)16-11-17(13-23-12-16)22-27-20(4,5)21(6,7)28-22/h11-13,15H,8-10,14H2,1-7H3/i11D,12D,13D. The highest BCUT2D eigenvalue weighted by molar-refractivity contribution is 6.62. The molecule has 3 heterocycles. The molecule has 1 aromatic rings. The molecule has 1 amide bonds. The summed E-state index contributed by atoms with van der Waals surface area (Å²) in [5.74, 6) is -0.240. The lowest BCUT2D eigenvalue weighted by Gasteiger charge is -2.34. The van der Waals surface area contributed by atoms with Gasteiger partial charge in [-0.15, -0.1) is 0 Å². The molecule has 2 aliphatic rings. The van der Waals surface area contributed by atoms with Crippen LogP contribution in [-0.4, -0.2) is 53.0 Å². The fourth-order valence-corrected chi connectivity index (χ4v) is 3.32. The van der Waals surface area contributed by atoms with Crippen LogP contribution in [0.1, 0.15) is 76.9 Å². The van der Waals surface area contributed by atoms with Crippen molar-refractivity contribution in [1.29, 1.82) is 0 Å². The van der Waals surface area contributed by atoms with E-state index >= 15 is 0 Å². The summed E-state index contributed by atoms with van der Waals surface area (Å²) < 4.78 is 43.1. The zero-order valence-electron chi connectivity index (χ0n) is 21.0. The average Bonchev–Trinajstić information content (AvgIpc) is 2.80. The average molecular weight is 391 g/mol. The van der Waals surface area contributed by atoms with Gasteiger partial charge in [-0.25, -0.2) is 4.79 Å². The van der Waals surface area contributed by atoms with E-state index in [0.717, 1.165) is 12.8 Å². The van der Waals surface area contributed by atoms with Crippen LogP contribution in [-0.2, 0) is 14.0 Å². The normalized spacial score (nSPS) is 25.8. The fourth-order valence-electron chi connectivity index (χ4n) is 3.32. The molecule has 28 heavy (non-hydrogen) atoms. The number of piperidine rings is 1. The van der Waals surface area contributed by atoms with Gasteiger partial charge >= 0.3 is 13.2 Å². The van der Waals surface area contributed by atoms with Gasteiger partial charge in [0.15, 0.2) is 0 Å². The van der Waals surface area contributed by atoms with E-state index < -0.39 is 30.0 Å². The van der Waals surface area contributed by atoms with Gasteiger partial charge < -0.3 is 18.9 Å². The SMILES string of the molecule is [2H]c1nc([2H])c(C2CCCN(C(=O)OC(C)(C)C)C2)c([2H])c1B1OC(C)(C)C(C)(C)O1. The van der Waals surface area contributed by atoms with Crippen LogP contribution in [0.3, 0.4) is 0 Å². The van der Waals surface area contributed by atoms with Crippen molar-refractivity contribution in [2.75, 3.05) is 13.1 Å². The van der Waals surface area contributed by atoms with Gasteiger partial charge in [0.1, 0.15) is 5.60 Å². The third-order valence-electron chi connectivity index (χ3n) is 5.59. The number of carbonyl (C=O) groups is 1. The number of rotatable bonds is 2. The van der Waals surface area contributed by atoms with E-state index in [2.05, 4.69) is 4.98 Å². The van der Waals surface area contributed by atoms with Crippen LogP contribution in [0, 0.1) is 0 Å². The highest BCUT2D eigenvalue weighted by Crippen LogP contribution is 2.36. The fraction of sp³-hybridized carbons (Fsp3) is 0.714. The summed E-state index contributed by atoms with van der Waals surface area (Å²) in [7, 11) is -0.901. The van der Waals surface area contributed by atoms with E-state index in [1.807, 2.05) is 48.5 Å². The molecule has 2 saturated heterocycles. The van der Waals surface area contributed by atoms with Crippen LogP contribution in [0.2, 0.25) is 0 Å². The summed E-state index contributed by atoms with van der Waals surface area (Å²) in [6.45, 7) is 14.0. The van der Waals surface area contributed by atoms with Crippen LogP contribution in [0.5, 0.6) is 0 Å². The van der Waals surface area contributed by atoms with Crippen LogP contribution >= 0.6 is 0 Å². The van der Waals surface area contributed by atoms with Gasteiger partial charge in [-0.05, 0) is 66.9 Å². The highest BCUT2D eigenvalue weighted by Gasteiger charge is 2.51. The minimum atomic E-state index is -0.901. The number of likely N-dealkylation sites (tertiary alicyclic amines) is 1. The number of carbonyl (C=O) groups excluding carboxylic acids is 1. The van der Waals surface area contributed by atoms with Gasteiger partial charge in [0.2, 0.25) is 0 Å². The highest BCUT2D eigenvalue weighted by atomic mass is 16.7. The summed E-state index contributed by atoms with van der Waals surface area (Å²) in [4.78, 5) is 18.3. The maximum atomic E-state index is 12.6. The maximum absolute atomic E-state index is 12.6. The smallest absolute Gasteiger partial charge is 0.444 e. The number of hydrogen-bond acceptors (Lipinski definition) is 5. The van der Waals surface area contributed by atoms with E-state index in [1.54, 1.807) is 4.90 Å². The molecule has 0 radical (unpaired) electrons. The summed E-state index contributed by atoms with van der Waals surface area (Å²) in [6, 6.07) is 0.0412. The molecular weight excluding hydrogens is 355 g/mol. The quantitative estimate of drug-likeness (QED) is 0.723. The Morgan fingerprint density at radius 2 is 1.93 bits per heavy atom. The Kier molecular flexibility index (Phi) is 4.53. The van der Waals surface area contributed by atoms with Crippen LogP contribution in [0.25, 0.3) is 0 Å². The minimum Gasteiger partial charge on any atom is -0.444 e. The van der Waals surface area contributed by atoms with Crippen molar-refractivity contribution >= 4 is 18.7 Å². The van der Waals surface area contributed by atoms with Gasteiger partial charge in [0.25, 0.3) is 0 Å². The number of ether oxygens (including phenoxy) is 1. The lowest BCUT2D eigenvalue weighted by Crippen LogP contribution is -2.42. The molecule has 2 aliphatic heterocycles. The monoisotopic (exact) mass is 391 g/mol. The lowest BCUT2D eigenvalue weighted by atomic mass is 9.78. The summed E-state index contributed by atoms with van der Waals surface area (Å²) in [6.07, 6.45) is 0.769. The molecule has 1 aromatic heterocycles. The third-order valence-corrected chi connectivity index (χ3v) is 5.59. The molecule has 7 heteroatoms. The van der Waals surface area contributed by atoms with Crippen molar-refractivity contribution in [2.24, 2.45) is 0 Å². The maximum Gasteiger partial charge on any atom is 0.496 e. The molecule has 154 valence electrons. The first-order chi connectivity index (χ1) is 14.1. The first kappa shape index (κ1) is 17.3. The van der Waals surface area contributed by atoms with Crippen molar-refractivity contribution in [3.63, 3.8) is 0 Å². The molecule has 3 rings (SSSR count). The van der Waals surface area contributed by atoms with Crippen LogP contribution < -0.4 is 5.46 Å². The van der Waals surface area contributed by atoms with Crippen molar-refractivity contribution in [3.05, 3.63) is 24.0 Å². The second-order valence-electron chi connectivity index (χ2n) is 9.64. The van der Waals surface area contributed by atoms with Crippen molar-refractivity contribution in [1.82, 2.24) is 9.88 Å². The molecule has 1 unspecified atom stereocenters. The predicted molar refractivity (Wildman–Crippen MR) is 110 cm³/mol. The van der Waals surface area contributed by atoms with Crippen LogP contribution in [0.4, 0.5) is 4.79 Å². The largest absolute Gasteiger partial charge is 0.496 e. The lowest BCUT2D eigenvalue weighted by molar-refractivity contribution is 0.00578. The zero-order chi connectivity index (χ0) is 23.4. The van der Waals surface area contributed by atoms with Gasteiger partial charge in [-0.1, -0.05) is 6.04 Å². The second-order valence-corrected chi connectivity index (χ2v) is 9.64. The Morgan fingerprint density at radius 1 is 1.29 bits per heavy atom. The Morgan fingerprint density at radius 3 is 2.54 bits per heavy atom. The second kappa shape index (κ2) is 7.34. The molecule has 0 aromatic carbocycles. The predicted octanol–water partition coefficient (Wildman–Crippen LogP) is 3.50. The molecule has 1 atom stereocenters. The Balaban J connectivity index is 1.92. The van der Waals surface area contributed by atoms with E-state index in [-0.39, 0.29) is 29.8 Å². The van der Waals surface area contributed by atoms with E-state index in [0.29, 0.717) is 18.7 Å². The molecule has 0 spiro atoms. The first-order valence-electron chi connectivity index (χ1n) is 11.4. The van der Waals surface area contributed by atoms with E-state index in [4.69, 9.17) is 18.2 Å². The molecule has 6 nitrogen and oxygen atoms in total. The molecule has 0 aliphatic carbocycles.